The molecule has 0 atom stereocenters. The van der Waals surface area contributed by atoms with Crippen LogP contribution in [0.15, 0.2) is 78.9 Å². The van der Waals surface area contributed by atoms with E-state index in [4.69, 9.17) is 9.47 Å². The number of likely N-dealkylation sites (tertiary alicyclic amines) is 1. The minimum atomic E-state index is -0.335. The van der Waals surface area contributed by atoms with Crippen LogP contribution in [-0.2, 0) is 9.59 Å². The molecule has 36 heavy (non-hydrogen) atoms. The van der Waals surface area contributed by atoms with Crippen molar-refractivity contribution in [3.05, 3.63) is 84.4 Å². The SMILES string of the molecule is COc1cccc(NC(=O)c2ccccc2NC(=O)C2CCN(C(=O)COc3ccccc3)CC2)c1. The summed E-state index contributed by atoms with van der Waals surface area (Å²) in [6.07, 6.45) is 1.09. The number of nitrogens with zero attached hydrogens (tertiary/aromatic N) is 1. The third kappa shape index (κ3) is 6.41. The summed E-state index contributed by atoms with van der Waals surface area (Å²) in [5, 5.41) is 5.75. The van der Waals surface area contributed by atoms with Crippen LogP contribution in [0.5, 0.6) is 11.5 Å². The van der Waals surface area contributed by atoms with Crippen molar-refractivity contribution >= 4 is 29.1 Å². The third-order valence-corrected chi connectivity index (χ3v) is 6.08. The molecule has 8 nitrogen and oxygen atoms in total. The molecule has 4 rings (SSSR count). The van der Waals surface area contributed by atoms with Gasteiger partial charge >= 0.3 is 0 Å². The zero-order valence-electron chi connectivity index (χ0n) is 20.1. The quantitative estimate of drug-likeness (QED) is 0.496. The summed E-state index contributed by atoms with van der Waals surface area (Å²) in [5.74, 6) is 0.429. The largest absolute Gasteiger partial charge is 0.497 e. The molecule has 0 aliphatic carbocycles. The molecule has 0 radical (unpaired) electrons. The highest BCUT2D eigenvalue weighted by atomic mass is 16.5. The number of ether oxygens (including phenoxy) is 2. The maximum absolute atomic E-state index is 13.0. The van der Waals surface area contributed by atoms with Crippen molar-refractivity contribution in [2.75, 3.05) is 37.4 Å². The van der Waals surface area contributed by atoms with E-state index in [0.29, 0.717) is 54.4 Å². The predicted octanol–water partition coefficient (Wildman–Crippen LogP) is 4.20. The minimum absolute atomic E-state index is 0.0311. The van der Waals surface area contributed by atoms with Gasteiger partial charge in [0.1, 0.15) is 11.5 Å². The molecule has 1 saturated heterocycles. The van der Waals surface area contributed by atoms with Crippen molar-refractivity contribution in [3.8, 4) is 11.5 Å². The first-order chi connectivity index (χ1) is 17.5. The second kappa shape index (κ2) is 11.9. The lowest BCUT2D eigenvalue weighted by Crippen LogP contribution is -2.43. The lowest BCUT2D eigenvalue weighted by molar-refractivity contribution is -0.136. The number of nitrogens with one attached hydrogen (secondary N) is 2. The van der Waals surface area contributed by atoms with Crippen molar-refractivity contribution in [2.45, 2.75) is 12.8 Å². The van der Waals surface area contributed by atoms with Crippen molar-refractivity contribution in [2.24, 2.45) is 5.92 Å². The molecule has 186 valence electrons. The van der Waals surface area contributed by atoms with Crippen molar-refractivity contribution in [3.63, 3.8) is 0 Å². The van der Waals surface area contributed by atoms with E-state index in [1.54, 1.807) is 72.7 Å². The Bertz CT molecular complexity index is 1210. The monoisotopic (exact) mass is 487 g/mol. The van der Waals surface area contributed by atoms with E-state index >= 15 is 0 Å². The number of benzene rings is 3. The van der Waals surface area contributed by atoms with Crippen LogP contribution in [0.1, 0.15) is 23.2 Å². The standard InChI is InChI=1S/C28H29N3O5/c1-35-23-11-7-8-21(18-23)29-28(34)24-12-5-6-13-25(24)30-27(33)20-14-16-31(17-15-20)26(32)19-36-22-9-3-2-4-10-22/h2-13,18,20H,14-17,19H2,1H3,(H,29,34)(H,30,33). The van der Waals surface area contributed by atoms with Crippen LogP contribution in [0.25, 0.3) is 0 Å². The average molecular weight is 488 g/mol. The Morgan fingerprint density at radius 3 is 2.31 bits per heavy atom. The number of carbonyl (C=O) groups is 3. The number of hydrogen-bond acceptors (Lipinski definition) is 5. The van der Waals surface area contributed by atoms with E-state index in [-0.39, 0.29) is 30.2 Å². The van der Waals surface area contributed by atoms with Crippen LogP contribution < -0.4 is 20.1 Å². The van der Waals surface area contributed by atoms with Crippen LogP contribution in [0.4, 0.5) is 11.4 Å². The number of carbonyl (C=O) groups excluding carboxylic acids is 3. The molecule has 0 spiro atoms. The summed E-state index contributed by atoms with van der Waals surface area (Å²) in [4.78, 5) is 40.1. The molecule has 2 N–H and O–H groups in total. The topological polar surface area (TPSA) is 97.0 Å². The van der Waals surface area contributed by atoms with Gasteiger partial charge in [0.25, 0.3) is 11.8 Å². The van der Waals surface area contributed by atoms with Crippen LogP contribution in [-0.4, -0.2) is 49.4 Å². The second-order valence-corrected chi connectivity index (χ2v) is 8.48. The molecule has 1 heterocycles. The number of hydrogen-bond donors (Lipinski definition) is 2. The molecule has 3 amide bonds. The number of amides is 3. The molecule has 3 aromatic rings. The van der Waals surface area contributed by atoms with Gasteiger partial charge in [0, 0.05) is 30.8 Å². The lowest BCUT2D eigenvalue weighted by atomic mass is 9.95. The highest BCUT2D eigenvalue weighted by Crippen LogP contribution is 2.23. The molecule has 1 aliphatic heterocycles. The number of piperidine rings is 1. The molecular formula is C28H29N3O5. The fourth-order valence-electron chi connectivity index (χ4n) is 4.07. The summed E-state index contributed by atoms with van der Waals surface area (Å²) in [5.41, 5.74) is 1.39. The molecule has 0 aromatic heterocycles. The first kappa shape index (κ1) is 24.8. The predicted molar refractivity (Wildman–Crippen MR) is 137 cm³/mol. The number of para-hydroxylation sites is 2. The van der Waals surface area contributed by atoms with E-state index in [2.05, 4.69) is 10.6 Å². The zero-order valence-corrected chi connectivity index (χ0v) is 20.1. The van der Waals surface area contributed by atoms with E-state index in [1.807, 2.05) is 18.2 Å². The van der Waals surface area contributed by atoms with E-state index in [1.165, 1.54) is 0 Å². The Hall–Kier alpha value is -4.33. The fourth-order valence-corrected chi connectivity index (χ4v) is 4.07. The van der Waals surface area contributed by atoms with Gasteiger partial charge in [0.05, 0.1) is 18.4 Å². The Kier molecular flexibility index (Phi) is 8.18. The molecule has 1 fully saturated rings. The lowest BCUT2D eigenvalue weighted by Gasteiger charge is -2.31. The normalized spacial score (nSPS) is 13.5. The first-order valence-electron chi connectivity index (χ1n) is 11.8. The number of anilines is 2. The van der Waals surface area contributed by atoms with Gasteiger partial charge in [0.15, 0.2) is 6.61 Å². The smallest absolute Gasteiger partial charge is 0.260 e. The summed E-state index contributed by atoms with van der Waals surface area (Å²) in [6, 6.07) is 23.1. The highest BCUT2D eigenvalue weighted by Gasteiger charge is 2.28. The van der Waals surface area contributed by atoms with Gasteiger partial charge in [0.2, 0.25) is 5.91 Å². The summed E-state index contributed by atoms with van der Waals surface area (Å²) >= 11 is 0. The molecule has 0 unspecified atom stereocenters. The van der Waals surface area contributed by atoms with Crippen LogP contribution in [0.2, 0.25) is 0 Å². The summed E-state index contributed by atoms with van der Waals surface area (Å²) in [7, 11) is 1.56. The minimum Gasteiger partial charge on any atom is -0.497 e. The van der Waals surface area contributed by atoms with E-state index in [0.717, 1.165) is 0 Å². The number of rotatable bonds is 8. The van der Waals surface area contributed by atoms with Crippen LogP contribution >= 0.6 is 0 Å². The molecule has 1 aliphatic rings. The van der Waals surface area contributed by atoms with Crippen molar-refractivity contribution < 1.29 is 23.9 Å². The Labute approximate surface area is 210 Å². The van der Waals surface area contributed by atoms with Gasteiger partial charge < -0.3 is 25.0 Å². The molecule has 8 heteroatoms. The van der Waals surface area contributed by atoms with Crippen molar-refractivity contribution in [1.82, 2.24) is 4.90 Å². The van der Waals surface area contributed by atoms with Gasteiger partial charge in [-0.1, -0.05) is 36.4 Å². The van der Waals surface area contributed by atoms with Gasteiger partial charge in [-0.2, -0.15) is 0 Å². The first-order valence-corrected chi connectivity index (χ1v) is 11.8. The van der Waals surface area contributed by atoms with Crippen molar-refractivity contribution in [1.29, 1.82) is 0 Å². The Morgan fingerprint density at radius 1 is 0.861 bits per heavy atom. The summed E-state index contributed by atoms with van der Waals surface area (Å²) < 4.78 is 10.8. The van der Waals surface area contributed by atoms with Gasteiger partial charge in [-0.3, -0.25) is 14.4 Å². The number of methoxy groups -OCH3 is 1. The maximum atomic E-state index is 13.0. The fraction of sp³-hybridized carbons (Fsp3) is 0.250. The third-order valence-electron chi connectivity index (χ3n) is 6.08. The zero-order chi connectivity index (χ0) is 25.3. The Balaban J connectivity index is 1.31. The van der Waals surface area contributed by atoms with Gasteiger partial charge in [-0.05, 0) is 49.2 Å². The maximum Gasteiger partial charge on any atom is 0.260 e. The van der Waals surface area contributed by atoms with E-state index in [9.17, 15) is 14.4 Å². The Morgan fingerprint density at radius 2 is 1.56 bits per heavy atom. The molecular weight excluding hydrogens is 458 g/mol. The van der Waals surface area contributed by atoms with Crippen LogP contribution in [0, 0.1) is 5.92 Å². The van der Waals surface area contributed by atoms with Gasteiger partial charge in [-0.15, -0.1) is 0 Å². The van der Waals surface area contributed by atoms with E-state index < -0.39 is 0 Å². The molecule has 0 saturated carbocycles. The summed E-state index contributed by atoms with van der Waals surface area (Å²) in [6.45, 7) is 0.927. The van der Waals surface area contributed by atoms with Gasteiger partial charge in [-0.25, -0.2) is 0 Å². The molecule has 0 bridgehead atoms. The highest BCUT2D eigenvalue weighted by molar-refractivity contribution is 6.10. The second-order valence-electron chi connectivity index (χ2n) is 8.48. The molecule has 3 aromatic carbocycles. The average Bonchev–Trinajstić information content (AvgIpc) is 2.92. The van der Waals surface area contributed by atoms with Crippen LogP contribution in [0.3, 0.4) is 0 Å².